The lowest BCUT2D eigenvalue weighted by molar-refractivity contribution is 0.287. The van der Waals surface area contributed by atoms with Crippen molar-refractivity contribution in [2.75, 3.05) is 13.1 Å². The lowest BCUT2D eigenvalue weighted by Gasteiger charge is -2.28. The van der Waals surface area contributed by atoms with E-state index in [0.717, 1.165) is 11.8 Å². The van der Waals surface area contributed by atoms with Crippen molar-refractivity contribution in [1.29, 1.82) is 0 Å². The minimum atomic E-state index is 0.705. The van der Waals surface area contributed by atoms with Crippen LogP contribution in [0.25, 0.3) is 0 Å². The van der Waals surface area contributed by atoms with E-state index in [1.165, 1.54) is 45.2 Å². The van der Waals surface area contributed by atoms with Crippen molar-refractivity contribution < 1.29 is 0 Å². The average Bonchev–Trinajstić information content (AvgIpc) is 2.86. The van der Waals surface area contributed by atoms with Crippen LogP contribution in [0.3, 0.4) is 0 Å². The van der Waals surface area contributed by atoms with E-state index >= 15 is 0 Å². The fourth-order valence-corrected chi connectivity index (χ4v) is 3.72. The SMILES string of the molecule is CC(C)C1=C(C(C)C)N(CC2CCCC2)CC1. The Kier molecular flexibility index (Phi) is 4.17. The molecule has 1 fully saturated rings. The van der Waals surface area contributed by atoms with E-state index in [1.54, 1.807) is 11.3 Å². The fraction of sp³-hybridized carbons (Fsp3) is 0.875. The Hall–Kier alpha value is -0.460. The zero-order chi connectivity index (χ0) is 12.4. The van der Waals surface area contributed by atoms with Crippen molar-refractivity contribution in [2.45, 2.75) is 59.8 Å². The van der Waals surface area contributed by atoms with Crippen molar-refractivity contribution in [3.05, 3.63) is 11.3 Å². The van der Waals surface area contributed by atoms with E-state index in [1.807, 2.05) is 0 Å². The molecule has 0 aromatic heterocycles. The molecule has 1 saturated carbocycles. The molecule has 0 N–H and O–H groups in total. The average molecular weight is 235 g/mol. The summed E-state index contributed by atoms with van der Waals surface area (Å²) in [6, 6.07) is 0. The summed E-state index contributed by atoms with van der Waals surface area (Å²) < 4.78 is 0. The number of rotatable bonds is 4. The van der Waals surface area contributed by atoms with Crippen molar-refractivity contribution in [3.8, 4) is 0 Å². The standard InChI is InChI=1S/C16H29N/c1-12(2)15-9-10-17(16(15)13(3)4)11-14-7-5-6-8-14/h12-14H,5-11H2,1-4H3. The molecule has 1 aliphatic heterocycles. The third-order valence-electron chi connectivity index (χ3n) is 4.52. The van der Waals surface area contributed by atoms with Crippen LogP contribution in [-0.4, -0.2) is 18.0 Å². The molecule has 17 heavy (non-hydrogen) atoms. The van der Waals surface area contributed by atoms with E-state index in [9.17, 15) is 0 Å². The maximum atomic E-state index is 2.72. The Bertz CT molecular complexity index is 282. The highest BCUT2D eigenvalue weighted by molar-refractivity contribution is 5.22. The molecule has 0 aromatic carbocycles. The molecule has 0 unspecified atom stereocenters. The van der Waals surface area contributed by atoms with E-state index < -0.39 is 0 Å². The van der Waals surface area contributed by atoms with Crippen LogP contribution < -0.4 is 0 Å². The first-order valence-electron chi connectivity index (χ1n) is 7.57. The quantitative estimate of drug-likeness (QED) is 0.696. The van der Waals surface area contributed by atoms with Gasteiger partial charge in [0.1, 0.15) is 0 Å². The molecule has 0 spiro atoms. The Morgan fingerprint density at radius 2 is 1.71 bits per heavy atom. The van der Waals surface area contributed by atoms with Crippen LogP contribution in [0.5, 0.6) is 0 Å². The topological polar surface area (TPSA) is 3.24 Å². The van der Waals surface area contributed by atoms with Gasteiger partial charge in [0, 0.05) is 18.8 Å². The molecule has 0 bridgehead atoms. The Balaban J connectivity index is 2.07. The Morgan fingerprint density at radius 3 is 2.24 bits per heavy atom. The summed E-state index contributed by atoms with van der Waals surface area (Å²) >= 11 is 0. The van der Waals surface area contributed by atoms with Crippen LogP contribution in [0, 0.1) is 17.8 Å². The second-order valence-electron chi connectivity index (χ2n) is 6.57. The van der Waals surface area contributed by atoms with Crippen LogP contribution in [0.2, 0.25) is 0 Å². The zero-order valence-corrected chi connectivity index (χ0v) is 12.1. The highest BCUT2D eigenvalue weighted by atomic mass is 15.2. The van der Waals surface area contributed by atoms with Crippen LogP contribution >= 0.6 is 0 Å². The molecule has 0 aromatic rings. The number of hydrogen-bond donors (Lipinski definition) is 0. The molecular formula is C16H29N. The normalized spacial score (nSPS) is 22.6. The van der Waals surface area contributed by atoms with Gasteiger partial charge in [0.2, 0.25) is 0 Å². The molecule has 0 saturated heterocycles. The molecule has 2 aliphatic rings. The predicted octanol–water partition coefficient (Wildman–Crippen LogP) is 4.45. The van der Waals surface area contributed by atoms with Gasteiger partial charge in [-0.1, -0.05) is 40.5 Å². The first-order valence-corrected chi connectivity index (χ1v) is 7.57. The van der Waals surface area contributed by atoms with Crippen molar-refractivity contribution in [3.63, 3.8) is 0 Å². The minimum absolute atomic E-state index is 0.705. The number of allylic oxidation sites excluding steroid dienone is 1. The van der Waals surface area contributed by atoms with Gasteiger partial charge in [-0.3, -0.25) is 0 Å². The number of hydrogen-bond acceptors (Lipinski definition) is 1. The summed E-state index contributed by atoms with van der Waals surface area (Å²) in [6.45, 7) is 12.1. The summed E-state index contributed by atoms with van der Waals surface area (Å²) in [5.74, 6) is 2.42. The molecule has 2 rings (SSSR count). The zero-order valence-electron chi connectivity index (χ0n) is 12.1. The van der Waals surface area contributed by atoms with E-state index in [-0.39, 0.29) is 0 Å². The molecule has 1 heteroatoms. The molecule has 0 amide bonds. The maximum Gasteiger partial charge on any atom is 0.0213 e. The summed E-state index contributed by atoms with van der Waals surface area (Å²) in [4.78, 5) is 2.72. The van der Waals surface area contributed by atoms with Crippen LogP contribution in [0.15, 0.2) is 11.3 Å². The molecule has 0 radical (unpaired) electrons. The second kappa shape index (κ2) is 5.46. The van der Waals surface area contributed by atoms with Gasteiger partial charge in [-0.05, 0) is 42.6 Å². The predicted molar refractivity (Wildman–Crippen MR) is 74.9 cm³/mol. The summed E-state index contributed by atoms with van der Waals surface area (Å²) in [5, 5.41) is 0. The van der Waals surface area contributed by atoms with Crippen molar-refractivity contribution in [1.82, 2.24) is 4.90 Å². The number of nitrogens with zero attached hydrogens (tertiary/aromatic N) is 1. The van der Waals surface area contributed by atoms with Crippen molar-refractivity contribution in [2.24, 2.45) is 17.8 Å². The third kappa shape index (κ3) is 2.86. The van der Waals surface area contributed by atoms with E-state index in [4.69, 9.17) is 0 Å². The van der Waals surface area contributed by atoms with Crippen molar-refractivity contribution >= 4 is 0 Å². The monoisotopic (exact) mass is 235 g/mol. The fourth-order valence-electron chi connectivity index (χ4n) is 3.72. The van der Waals surface area contributed by atoms with E-state index in [2.05, 4.69) is 32.6 Å². The Labute approximate surface area is 107 Å². The van der Waals surface area contributed by atoms with Gasteiger partial charge in [-0.2, -0.15) is 0 Å². The van der Waals surface area contributed by atoms with Gasteiger partial charge >= 0.3 is 0 Å². The summed E-state index contributed by atoms with van der Waals surface area (Å²) in [6.07, 6.45) is 7.20. The molecule has 1 heterocycles. The lowest BCUT2D eigenvalue weighted by Crippen LogP contribution is -2.28. The smallest absolute Gasteiger partial charge is 0.0213 e. The Morgan fingerprint density at radius 1 is 1.06 bits per heavy atom. The minimum Gasteiger partial charge on any atom is -0.374 e. The van der Waals surface area contributed by atoms with Crippen LogP contribution in [-0.2, 0) is 0 Å². The summed E-state index contributed by atoms with van der Waals surface area (Å²) in [5.41, 5.74) is 3.42. The van der Waals surface area contributed by atoms with Gasteiger partial charge in [-0.15, -0.1) is 0 Å². The summed E-state index contributed by atoms with van der Waals surface area (Å²) in [7, 11) is 0. The highest BCUT2D eigenvalue weighted by Gasteiger charge is 2.28. The largest absolute Gasteiger partial charge is 0.374 e. The maximum absolute atomic E-state index is 2.72. The van der Waals surface area contributed by atoms with Crippen LogP contribution in [0.1, 0.15) is 59.8 Å². The third-order valence-corrected chi connectivity index (χ3v) is 4.52. The lowest BCUT2D eigenvalue weighted by atomic mass is 9.95. The molecular weight excluding hydrogens is 206 g/mol. The van der Waals surface area contributed by atoms with Gasteiger partial charge in [0.25, 0.3) is 0 Å². The first-order chi connectivity index (χ1) is 8.09. The molecule has 1 nitrogen and oxygen atoms in total. The van der Waals surface area contributed by atoms with Gasteiger partial charge < -0.3 is 4.90 Å². The van der Waals surface area contributed by atoms with Gasteiger partial charge in [0.05, 0.1) is 0 Å². The van der Waals surface area contributed by atoms with Gasteiger partial charge in [-0.25, -0.2) is 0 Å². The highest BCUT2D eigenvalue weighted by Crippen LogP contribution is 2.35. The van der Waals surface area contributed by atoms with E-state index in [0.29, 0.717) is 5.92 Å². The van der Waals surface area contributed by atoms with Crippen LogP contribution in [0.4, 0.5) is 0 Å². The first kappa shape index (κ1) is 13.0. The molecule has 0 atom stereocenters. The van der Waals surface area contributed by atoms with Gasteiger partial charge in [0.15, 0.2) is 0 Å². The molecule has 1 aliphatic carbocycles. The second-order valence-corrected chi connectivity index (χ2v) is 6.57. The molecule has 98 valence electrons.